The number of rotatable bonds is 4. The summed E-state index contributed by atoms with van der Waals surface area (Å²) in [6, 6.07) is 8.13. The third-order valence-electron chi connectivity index (χ3n) is 2.44. The van der Waals surface area contributed by atoms with Crippen LogP contribution >= 0.6 is 0 Å². The number of nitrogens with zero attached hydrogens (tertiary/aromatic N) is 1. The number of para-hydroxylation sites is 1. The summed E-state index contributed by atoms with van der Waals surface area (Å²) in [5.41, 5.74) is 5.56. The van der Waals surface area contributed by atoms with Gasteiger partial charge in [-0.2, -0.15) is 5.10 Å². The fourth-order valence-electron chi connectivity index (χ4n) is 1.53. The second kappa shape index (κ2) is 5.21. The quantitative estimate of drug-likeness (QED) is 0.754. The molecular weight excluding hydrogens is 248 g/mol. The highest BCUT2D eigenvalue weighted by Crippen LogP contribution is 2.18. The number of carbonyl (C=O) groups is 2. The SMILES string of the molecule is COc1ccccc1C(=O)Nc1cc(C(N)=O)[nH]n1. The van der Waals surface area contributed by atoms with Crippen LogP contribution < -0.4 is 15.8 Å². The van der Waals surface area contributed by atoms with Gasteiger partial charge in [0.1, 0.15) is 11.4 Å². The minimum atomic E-state index is -0.648. The monoisotopic (exact) mass is 260 g/mol. The first-order chi connectivity index (χ1) is 9.11. The van der Waals surface area contributed by atoms with Crippen molar-refractivity contribution < 1.29 is 14.3 Å². The van der Waals surface area contributed by atoms with Crippen molar-refractivity contribution in [1.29, 1.82) is 0 Å². The fraction of sp³-hybridized carbons (Fsp3) is 0.0833. The van der Waals surface area contributed by atoms with Gasteiger partial charge in [-0.25, -0.2) is 0 Å². The number of hydrogen-bond acceptors (Lipinski definition) is 4. The normalized spacial score (nSPS) is 9.95. The smallest absolute Gasteiger partial charge is 0.266 e. The van der Waals surface area contributed by atoms with Crippen LogP contribution in [0.25, 0.3) is 0 Å². The molecule has 4 N–H and O–H groups in total. The molecule has 0 unspecified atom stereocenters. The van der Waals surface area contributed by atoms with Crippen molar-refractivity contribution >= 4 is 17.6 Å². The summed E-state index contributed by atoms with van der Waals surface area (Å²) in [7, 11) is 1.48. The highest BCUT2D eigenvalue weighted by Gasteiger charge is 2.13. The molecule has 0 saturated carbocycles. The van der Waals surface area contributed by atoms with E-state index in [2.05, 4.69) is 15.5 Å². The van der Waals surface area contributed by atoms with Crippen molar-refractivity contribution in [1.82, 2.24) is 10.2 Å². The number of aromatic amines is 1. The fourth-order valence-corrected chi connectivity index (χ4v) is 1.53. The molecule has 0 saturated heterocycles. The Hall–Kier alpha value is -2.83. The van der Waals surface area contributed by atoms with Gasteiger partial charge in [-0.15, -0.1) is 0 Å². The number of nitrogens with two attached hydrogens (primary N) is 1. The van der Waals surface area contributed by atoms with Gasteiger partial charge >= 0.3 is 0 Å². The average molecular weight is 260 g/mol. The molecule has 1 heterocycles. The molecule has 7 nitrogen and oxygen atoms in total. The number of anilines is 1. The van der Waals surface area contributed by atoms with E-state index in [1.807, 2.05) is 0 Å². The molecule has 2 amide bonds. The molecule has 2 aromatic rings. The average Bonchev–Trinajstić information content (AvgIpc) is 2.87. The van der Waals surface area contributed by atoms with E-state index < -0.39 is 5.91 Å². The van der Waals surface area contributed by atoms with E-state index in [0.29, 0.717) is 11.3 Å². The molecule has 0 aliphatic heterocycles. The van der Waals surface area contributed by atoms with Crippen LogP contribution in [0.1, 0.15) is 20.8 Å². The van der Waals surface area contributed by atoms with Crippen LogP contribution in [-0.2, 0) is 0 Å². The number of benzene rings is 1. The Morgan fingerprint density at radius 2 is 2.11 bits per heavy atom. The Bertz CT molecular complexity index is 621. The number of carbonyl (C=O) groups excluding carboxylic acids is 2. The summed E-state index contributed by atoms with van der Waals surface area (Å²) in [6.07, 6.45) is 0. The summed E-state index contributed by atoms with van der Waals surface area (Å²) >= 11 is 0. The summed E-state index contributed by atoms with van der Waals surface area (Å²) in [5, 5.41) is 8.72. The minimum absolute atomic E-state index is 0.121. The van der Waals surface area contributed by atoms with Gasteiger partial charge in [0.05, 0.1) is 12.7 Å². The van der Waals surface area contributed by atoms with Gasteiger partial charge < -0.3 is 15.8 Å². The molecule has 19 heavy (non-hydrogen) atoms. The lowest BCUT2D eigenvalue weighted by atomic mass is 10.2. The molecule has 0 spiro atoms. The van der Waals surface area contributed by atoms with Crippen molar-refractivity contribution in [3.63, 3.8) is 0 Å². The summed E-state index contributed by atoms with van der Waals surface area (Å²) < 4.78 is 5.08. The Kier molecular flexibility index (Phi) is 3.46. The minimum Gasteiger partial charge on any atom is -0.496 e. The Morgan fingerprint density at radius 1 is 1.37 bits per heavy atom. The number of methoxy groups -OCH3 is 1. The van der Waals surface area contributed by atoms with Crippen LogP contribution in [0.4, 0.5) is 5.82 Å². The third kappa shape index (κ3) is 2.71. The zero-order chi connectivity index (χ0) is 13.8. The van der Waals surface area contributed by atoms with Crippen LogP contribution in [0.3, 0.4) is 0 Å². The van der Waals surface area contributed by atoms with Crippen LogP contribution in [0.2, 0.25) is 0 Å². The molecule has 2 rings (SSSR count). The maximum atomic E-state index is 12.0. The van der Waals surface area contributed by atoms with Crippen molar-refractivity contribution in [2.45, 2.75) is 0 Å². The molecule has 0 fully saturated rings. The maximum absolute atomic E-state index is 12.0. The first-order valence-corrected chi connectivity index (χ1v) is 5.41. The molecule has 1 aromatic heterocycles. The molecule has 0 aliphatic carbocycles. The second-order valence-corrected chi connectivity index (χ2v) is 3.69. The van der Waals surface area contributed by atoms with Gasteiger partial charge in [0.15, 0.2) is 5.82 Å². The van der Waals surface area contributed by atoms with Gasteiger partial charge in [0, 0.05) is 6.07 Å². The molecule has 0 radical (unpaired) electrons. The molecule has 0 bridgehead atoms. The van der Waals surface area contributed by atoms with Gasteiger partial charge in [0.25, 0.3) is 11.8 Å². The van der Waals surface area contributed by atoms with Gasteiger partial charge in [-0.1, -0.05) is 12.1 Å². The number of amides is 2. The summed E-state index contributed by atoms with van der Waals surface area (Å²) in [4.78, 5) is 22.9. The number of hydrogen-bond donors (Lipinski definition) is 3. The molecular formula is C12H12N4O3. The van der Waals surface area contributed by atoms with Crippen molar-refractivity contribution in [3.05, 3.63) is 41.6 Å². The van der Waals surface area contributed by atoms with Crippen LogP contribution in [0.15, 0.2) is 30.3 Å². The lowest BCUT2D eigenvalue weighted by molar-refractivity contribution is 0.0992. The Balaban J connectivity index is 2.18. The molecule has 7 heteroatoms. The molecule has 0 atom stereocenters. The number of primary amides is 1. The van der Waals surface area contributed by atoms with E-state index in [9.17, 15) is 9.59 Å². The Morgan fingerprint density at radius 3 is 2.74 bits per heavy atom. The first kappa shape index (κ1) is 12.6. The van der Waals surface area contributed by atoms with Gasteiger partial charge in [-0.05, 0) is 12.1 Å². The van der Waals surface area contributed by atoms with Crippen LogP contribution in [0, 0.1) is 0 Å². The molecule has 0 aliphatic rings. The number of ether oxygens (including phenoxy) is 1. The van der Waals surface area contributed by atoms with Gasteiger partial charge in [0.2, 0.25) is 0 Å². The van der Waals surface area contributed by atoms with Crippen LogP contribution in [-0.4, -0.2) is 29.1 Å². The predicted octanol–water partition coefficient (Wildman–Crippen LogP) is 0.769. The highest BCUT2D eigenvalue weighted by atomic mass is 16.5. The van der Waals surface area contributed by atoms with Gasteiger partial charge in [-0.3, -0.25) is 14.7 Å². The van der Waals surface area contributed by atoms with E-state index >= 15 is 0 Å². The standard InChI is InChI=1S/C12H12N4O3/c1-19-9-5-3-2-4-7(9)12(18)14-10-6-8(11(13)17)15-16-10/h2-6H,1H3,(H2,13,17)(H2,14,15,16,18). The zero-order valence-electron chi connectivity index (χ0n) is 10.1. The largest absolute Gasteiger partial charge is 0.496 e. The number of aromatic nitrogens is 2. The van der Waals surface area contributed by atoms with Crippen molar-refractivity contribution in [2.75, 3.05) is 12.4 Å². The first-order valence-electron chi connectivity index (χ1n) is 5.41. The molecule has 1 aromatic carbocycles. The van der Waals surface area contributed by atoms with Crippen molar-refractivity contribution in [2.24, 2.45) is 5.73 Å². The van der Waals surface area contributed by atoms with E-state index in [1.54, 1.807) is 24.3 Å². The molecule has 98 valence electrons. The topological polar surface area (TPSA) is 110 Å². The lowest BCUT2D eigenvalue weighted by Gasteiger charge is -2.06. The highest BCUT2D eigenvalue weighted by molar-refractivity contribution is 6.06. The van der Waals surface area contributed by atoms with E-state index in [-0.39, 0.29) is 17.4 Å². The van der Waals surface area contributed by atoms with E-state index in [1.165, 1.54) is 13.2 Å². The second-order valence-electron chi connectivity index (χ2n) is 3.69. The third-order valence-corrected chi connectivity index (χ3v) is 2.44. The lowest BCUT2D eigenvalue weighted by Crippen LogP contribution is -2.13. The zero-order valence-corrected chi connectivity index (χ0v) is 10.1. The van der Waals surface area contributed by atoms with E-state index in [0.717, 1.165) is 0 Å². The predicted molar refractivity (Wildman–Crippen MR) is 68.1 cm³/mol. The van der Waals surface area contributed by atoms with E-state index in [4.69, 9.17) is 10.5 Å². The Labute approximate surface area is 108 Å². The summed E-state index contributed by atoms with van der Waals surface area (Å²) in [5.74, 6) is -0.374. The number of nitrogens with one attached hydrogen (secondary N) is 2. The number of H-pyrrole nitrogens is 1. The summed E-state index contributed by atoms with van der Waals surface area (Å²) in [6.45, 7) is 0. The van der Waals surface area contributed by atoms with Crippen LogP contribution in [0.5, 0.6) is 5.75 Å². The van der Waals surface area contributed by atoms with Crippen molar-refractivity contribution in [3.8, 4) is 5.75 Å². The maximum Gasteiger partial charge on any atom is 0.266 e.